The van der Waals surface area contributed by atoms with E-state index >= 15 is 0 Å². The lowest BCUT2D eigenvalue weighted by Gasteiger charge is -2.28. The van der Waals surface area contributed by atoms with Crippen LogP contribution in [0.15, 0.2) is 0 Å². The molecule has 0 aromatic heterocycles. The number of carbonyl (C=O) groups is 1. The van der Waals surface area contributed by atoms with E-state index in [9.17, 15) is 13.2 Å². The number of ether oxygens (including phenoxy) is 1. The van der Waals surface area contributed by atoms with Gasteiger partial charge in [-0.05, 0) is 19.8 Å². The molecule has 1 amide bonds. The molecular weight excluding hydrogens is 300 g/mol. The summed E-state index contributed by atoms with van der Waals surface area (Å²) in [5.41, 5.74) is 0. The summed E-state index contributed by atoms with van der Waals surface area (Å²) in [5, 5.41) is 0. The van der Waals surface area contributed by atoms with Gasteiger partial charge < -0.3 is 4.74 Å². The van der Waals surface area contributed by atoms with E-state index in [-0.39, 0.29) is 11.4 Å². The van der Waals surface area contributed by atoms with Crippen molar-refractivity contribution in [1.29, 1.82) is 0 Å². The molecule has 0 aliphatic carbocycles. The van der Waals surface area contributed by atoms with Crippen LogP contribution in [0.5, 0.6) is 0 Å². The summed E-state index contributed by atoms with van der Waals surface area (Å²) in [6.07, 6.45) is 0.782. The third-order valence-electron chi connectivity index (χ3n) is 2.15. The van der Waals surface area contributed by atoms with Crippen molar-refractivity contribution in [3.05, 3.63) is 0 Å². The van der Waals surface area contributed by atoms with Gasteiger partial charge in [0.15, 0.2) is 0 Å². The van der Waals surface area contributed by atoms with Gasteiger partial charge in [0.05, 0.1) is 6.61 Å². The minimum atomic E-state index is -3.76. The van der Waals surface area contributed by atoms with E-state index < -0.39 is 16.3 Å². The minimum Gasteiger partial charge on any atom is -0.449 e. The summed E-state index contributed by atoms with van der Waals surface area (Å²) < 4.78 is 31.1. The monoisotopic (exact) mass is 314 g/mol. The molecule has 94 valence electrons. The summed E-state index contributed by atoms with van der Waals surface area (Å²) in [5.74, 6) is 0. The molecule has 8 heteroatoms. The number of rotatable bonds is 3. The van der Waals surface area contributed by atoms with Crippen molar-refractivity contribution in [2.24, 2.45) is 0 Å². The van der Waals surface area contributed by atoms with Crippen LogP contribution in [0.1, 0.15) is 19.8 Å². The first-order valence-corrected chi connectivity index (χ1v) is 7.40. The van der Waals surface area contributed by atoms with Crippen LogP contribution in [0.25, 0.3) is 0 Å². The van der Waals surface area contributed by atoms with Crippen LogP contribution in [0.3, 0.4) is 0 Å². The lowest BCUT2D eigenvalue weighted by Crippen LogP contribution is -2.48. The average molecular weight is 315 g/mol. The number of hydrogen-bond donors (Lipinski definition) is 1. The van der Waals surface area contributed by atoms with Gasteiger partial charge >= 0.3 is 16.3 Å². The van der Waals surface area contributed by atoms with Crippen molar-refractivity contribution in [1.82, 2.24) is 9.03 Å². The van der Waals surface area contributed by atoms with Crippen molar-refractivity contribution in [3.63, 3.8) is 0 Å². The van der Waals surface area contributed by atoms with E-state index in [4.69, 9.17) is 0 Å². The molecule has 1 heterocycles. The number of amides is 1. The van der Waals surface area contributed by atoms with E-state index in [2.05, 4.69) is 20.7 Å². The second-order valence-corrected chi connectivity index (χ2v) is 6.39. The largest absolute Gasteiger partial charge is 0.449 e. The maximum absolute atomic E-state index is 11.7. The molecule has 1 N–H and O–H groups in total. The normalized spacial score (nSPS) is 22.8. The molecule has 0 bridgehead atoms. The average Bonchev–Trinajstić information content (AvgIpc) is 2.17. The third-order valence-corrected chi connectivity index (χ3v) is 4.34. The second kappa shape index (κ2) is 5.83. The zero-order valence-corrected chi connectivity index (χ0v) is 11.4. The molecule has 0 radical (unpaired) electrons. The van der Waals surface area contributed by atoms with E-state index in [1.165, 1.54) is 4.31 Å². The molecular formula is C8H15BrN2O4S. The Morgan fingerprint density at radius 2 is 2.31 bits per heavy atom. The quantitative estimate of drug-likeness (QED) is 0.783. The van der Waals surface area contributed by atoms with E-state index in [0.29, 0.717) is 13.1 Å². The van der Waals surface area contributed by atoms with E-state index in [0.717, 1.165) is 12.8 Å². The first-order valence-electron chi connectivity index (χ1n) is 5.04. The highest BCUT2D eigenvalue weighted by molar-refractivity contribution is 9.09. The zero-order valence-electron chi connectivity index (χ0n) is 8.98. The van der Waals surface area contributed by atoms with Gasteiger partial charge in [-0.25, -0.2) is 9.52 Å². The van der Waals surface area contributed by atoms with Crippen LogP contribution >= 0.6 is 15.9 Å². The number of piperidine rings is 1. The SMILES string of the molecule is CCOC(=O)NS(=O)(=O)N1CCCC(Br)C1. The van der Waals surface area contributed by atoms with Crippen LogP contribution in [0, 0.1) is 0 Å². The molecule has 1 atom stereocenters. The summed E-state index contributed by atoms with van der Waals surface area (Å²) in [6.45, 7) is 2.55. The molecule has 1 fully saturated rings. The molecule has 0 aromatic rings. The highest BCUT2D eigenvalue weighted by atomic mass is 79.9. The molecule has 0 spiro atoms. The first kappa shape index (κ1) is 13.7. The molecule has 1 aliphatic rings. The highest BCUT2D eigenvalue weighted by Crippen LogP contribution is 2.18. The van der Waals surface area contributed by atoms with Crippen molar-refractivity contribution >= 4 is 32.2 Å². The summed E-state index contributed by atoms with van der Waals surface area (Å²) in [6, 6.07) is 0. The predicted octanol–water partition coefficient (Wildman–Crippen LogP) is 0.837. The Morgan fingerprint density at radius 1 is 1.62 bits per heavy atom. The van der Waals surface area contributed by atoms with Gasteiger partial charge in [0.1, 0.15) is 0 Å². The Morgan fingerprint density at radius 3 is 2.88 bits per heavy atom. The Hall–Kier alpha value is -0.340. The van der Waals surface area contributed by atoms with Gasteiger partial charge in [-0.3, -0.25) is 0 Å². The lowest BCUT2D eigenvalue weighted by atomic mass is 10.2. The van der Waals surface area contributed by atoms with Gasteiger partial charge in [0, 0.05) is 17.9 Å². The topological polar surface area (TPSA) is 75.7 Å². The predicted molar refractivity (Wildman–Crippen MR) is 62.6 cm³/mol. The Balaban J connectivity index is 2.59. The smallest absolute Gasteiger partial charge is 0.421 e. The summed E-state index contributed by atoms with van der Waals surface area (Å²) >= 11 is 3.37. The Bertz CT molecular complexity index is 346. The minimum absolute atomic E-state index is 0.139. The van der Waals surface area contributed by atoms with Gasteiger partial charge in [-0.15, -0.1) is 0 Å². The maximum atomic E-state index is 11.7. The summed E-state index contributed by atoms with van der Waals surface area (Å²) in [7, 11) is -3.76. The van der Waals surface area contributed by atoms with Crippen LogP contribution < -0.4 is 4.72 Å². The van der Waals surface area contributed by atoms with Crippen molar-refractivity contribution < 1.29 is 17.9 Å². The second-order valence-electron chi connectivity index (χ2n) is 3.43. The number of nitrogens with one attached hydrogen (secondary N) is 1. The Labute approximate surface area is 104 Å². The maximum Gasteiger partial charge on any atom is 0.421 e. The van der Waals surface area contributed by atoms with Crippen molar-refractivity contribution in [2.75, 3.05) is 19.7 Å². The number of halogens is 1. The van der Waals surface area contributed by atoms with E-state index in [1.54, 1.807) is 6.92 Å². The standard InChI is InChI=1S/C8H15BrN2O4S/c1-2-15-8(12)10-16(13,14)11-5-3-4-7(9)6-11/h7H,2-6H2,1H3,(H,10,12). The van der Waals surface area contributed by atoms with Gasteiger partial charge in [0.25, 0.3) is 0 Å². The van der Waals surface area contributed by atoms with Crippen LogP contribution in [-0.2, 0) is 14.9 Å². The zero-order chi connectivity index (χ0) is 12.2. The molecule has 1 unspecified atom stereocenters. The number of hydrogen-bond acceptors (Lipinski definition) is 4. The van der Waals surface area contributed by atoms with Gasteiger partial charge in [-0.1, -0.05) is 15.9 Å². The fourth-order valence-corrected chi connectivity index (χ4v) is 3.45. The van der Waals surface area contributed by atoms with Crippen molar-refractivity contribution in [2.45, 2.75) is 24.6 Å². The number of carbonyl (C=O) groups excluding carboxylic acids is 1. The molecule has 0 aromatic carbocycles. The molecule has 1 saturated heterocycles. The Kier molecular flexibility index (Phi) is 5.00. The fraction of sp³-hybridized carbons (Fsp3) is 0.875. The van der Waals surface area contributed by atoms with Gasteiger partial charge in [-0.2, -0.15) is 12.7 Å². The van der Waals surface area contributed by atoms with Crippen LogP contribution in [-0.4, -0.2) is 43.3 Å². The molecule has 0 saturated carbocycles. The van der Waals surface area contributed by atoms with Crippen LogP contribution in [0.2, 0.25) is 0 Å². The molecule has 1 aliphatic heterocycles. The molecule has 16 heavy (non-hydrogen) atoms. The number of alkyl halides is 1. The fourth-order valence-electron chi connectivity index (χ4n) is 1.44. The molecule has 1 rings (SSSR count). The lowest BCUT2D eigenvalue weighted by molar-refractivity contribution is 0.158. The summed E-state index contributed by atoms with van der Waals surface area (Å²) in [4.78, 5) is 11.2. The number of nitrogens with zero attached hydrogens (tertiary/aromatic N) is 1. The first-order chi connectivity index (χ1) is 7.45. The van der Waals surface area contributed by atoms with E-state index in [1.807, 2.05) is 4.72 Å². The molecule has 6 nitrogen and oxygen atoms in total. The highest BCUT2D eigenvalue weighted by Gasteiger charge is 2.29. The van der Waals surface area contributed by atoms with Crippen molar-refractivity contribution in [3.8, 4) is 0 Å². The van der Waals surface area contributed by atoms with Crippen LogP contribution in [0.4, 0.5) is 4.79 Å². The van der Waals surface area contributed by atoms with Gasteiger partial charge in [0.2, 0.25) is 0 Å². The third kappa shape index (κ3) is 3.91.